The Morgan fingerprint density at radius 2 is 2.25 bits per heavy atom. The lowest BCUT2D eigenvalue weighted by Gasteiger charge is -2.15. The molecule has 2 rings (SSSR count). The smallest absolute Gasteiger partial charge is 0.157 e. The zero-order chi connectivity index (χ0) is 11.5. The maximum absolute atomic E-state index is 5.82. The topological polar surface area (TPSA) is 35.0 Å². The van der Waals surface area contributed by atoms with Gasteiger partial charge in [-0.05, 0) is 38.7 Å². The van der Waals surface area contributed by atoms with Crippen molar-refractivity contribution in [1.82, 2.24) is 9.97 Å². The van der Waals surface area contributed by atoms with Crippen molar-refractivity contribution in [3.63, 3.8) is 0 Å². The van der Waals surface area contributed by atoms with Crippen molar-refractivity contribution in [3.05, 3.63) is 23.3 Å². The van der Waals surface area contributed by atoms with Gasteiger partial charge in [0.1, 0.15) is 6.10 Å². The van der Waals surface area contributed by atoms with E-state index >= 15 is 0 Å². The van der Waals surface area contributed by atoms with Crippen molar-refractivity contribution >= 4 is 11.6 Å². The van der Waals surface area contributed by atoms with Crippen LogP contribution in [0.4, 0.5) is 0 Å². The van der Waals surface area contributed by atoms with Crippen LogP contribution in [0.1, 0.15) is 43.1 Å². The molecule has 0 radical (unpaired) electrons. The Hall–Kier alpha value is -0.670. The second-order valence-electron chi connectivity index (χ2n) is 4.21. The molecule has 16 heavy (non-hydrogen) atoms. The van der Waals surface area contributed by atoms with E-state index in [0.29, 0.717) is 18.4 Å². The second-order valence-corrected chi connectivity index (χ2v) is 4.47. The van der Waals surface area contributed by atoms with Crippen molar-refractivity contribution in [1.29, 1.82) is 0 Å². The number of hydrogen-bond donors (Lipinski definition) is 0. The SMILES string of the molecule is CCOC(c1nc(C)cc(CCl)n1)C1CC1. The summed E-state index contributed by atoms with van der Waals surface area (Å²) in [5, 5.41) is 0. The van der Waals surface area contributed by atoms with Crippen molar-refractivity contribution in [3.8, 4) is 0 Å². The average molecular weight is 241 g/mol. The minimum absolute atomic E-state index is 0.0619. The molecular weight excluding hydrogens is 224 g/mol. The molecular formula is C12H17ClN2O. The summed E-state index contributed by atoms with van der Waals surface area (Å²) in [4.78, 5) is 8.93. The van der Waals surface area contributed by atoms with Crippen LogP contribution < -0.4 is 0 Å². The molecule has 4 heteroatoms. The van der Waals surface area contributed by atoms with Crippen LogP contribution in [0.3, 0.4) is 0 Å². The lowest BCUT2D eigenvalue weighted by molar-refractivity contribution is 0.0398. The van der Waals surface area contributed by atoms with Gasteiger partial charge in [-0.2, -0.15) is 0 Å². The van der Waals surface area contributed by atoms with E-state index in [9.17, 15) is 0 Å². The summed E-state index contributed by atoms with van der Waals surface area (Å²) in [6, 6.07) is 1.92. The van der Waals surface area contributed by atoms with E-state index in [1.807, 2.05) is 19.9 Å². The van der Waals surface area contributed by atoms with Gasteiger partial charge in [0.05, 0.1) is 11.6 Å². The second kappa shape index (κ2) is 5.11. The molecule has 88 valence electrons. The van der Waals surface area contributed by atoms with Gasteiger partial charge in [0, 0.05) is 12.3 Å². The Morgan fingerprint density at radius 1 is 1.50 bits per heavy atom. The van der Waals surface area contributed by atoms with Crippen LogP contribution in [0.2, 0.25) is 0 Å². The van der Waals surface area contributed by atoms with Crippen molar-refractivity contribution < 1.29 is 4.74 Å². The Labute approximate surface area is 101 Å². The molecule has 0 saturated heterocycles. The highest BCUT2D eigenvalue weighted by molar-refractivity contribution is 6.16. The van der Waals surface area contributed by atoms with Crippen molar-refractivity contribution in [2.24, 2.45) is 5.92 Å². The third kappa shape index (κ3) is 2.71. The molecule has 3 nitrogen and oxygen atoms in total. The van der Waals surface area contributed by atoms with Gasteiger partial charge < -0.3 is 4.74 Å². The standard InChI is InChI=1S/C12H17ClN2O/c1-3-16-11(9-4-5-9)12-14-8(2)6-10(7-13)15-12/h6,9,11H,3-5,7H2,1-2H3. The summed E-state index contributed by atoms with van der Waals surface area (Å²) in [5.41, 5.74) is 1.85. The summed E-state index contributed by atoms with van der Waals surface area (Å²) >= 11 is 5.82. The van der Waals surface area contributed by atoms with Gasteiger partial charge in [-0.3, -0.25) is 0 Å². The van der Waals surface area contributed by atoms with E-state index in [2.05, 4.69) is 9.97 Å². The molecule has 1 aliphatic rings. The van der Waals surface area contributed by atoms with Crippen LogP contribution >= 0.6 is 11.6 Å². The first-order valence-corrected chi connectivity index (χ1v) is 6.30. The highest BCUT2D eigenvalue weighted by atomic mass is 35.5. The lowest BCUT2D eigenvalue weighted by atomic mass is 10.2. The Kier molecular flexibility index (Phi) is 3.77. The van der Waals surface area contributed by atoms with Crippen LogP contribution in [0, 0.1) is 12.8 Å². The third-order valence-electron chi connectivity index (χ3n) is 2.71. The maximum Gasteiger partial charge on any atom is 0.157 e. The quantitative estimate of drug-likeness (QED) is 0.743. The first-order chi connectivity index (χ1) is 7.74. The molecule has 0 amide bonds. The molecule has 1 heterocycles. The van der Waals surface area contributed by atoms with Gasteiger partial charge >= 0.3 is 0 Å². The number of hydrogen-bond acceptors (Lipinski definition) is 3. The number of nitrogens with zero attached hydrogens (tertiary/aromatic N) is 2. The van der Waals surface area contributed by atoms with Crippen LogP contribution in [-0.4, -0.2) is 16.6 Å². The van der Waals surface area contributed by atoms with E-state index in [4.69, 9.17) is 16.3 Å². The number of rotatable bonds is 5. The van der Waals surface area contributed by atoms with E-state index in [0.717, 1.165) is 17.2 Å². The minimum Gasteiger partial charge on any atom is -0.370 e. The molecule has 0 N–H and O–H groups in total. The van der Waals surface area contributed by atoms with E-state index in [-0.39, 0.29) is 6.10 Å². The summed E-state index contributed by atoms with van der Waals surface area (Å²) in [6.07, 6.45) is 2.50. The molecule has 1 aliphatic carbocycles. The van der Waals surface area contributed by atoms with Crippen molar-refractivity contribution in [2.45, 2.75) is 38.7 Å². The fourth-order valence-corrected chi connectivity index (χ4v) is 1.99. The Bertz CT molecular complexity index is 366. The summed E-state index contributed by atoms with van der Waals surface area (Å²) in [6.45, 7) is 4.68. The van der Waals surface area contributed by atoms with Crippen LogP contribution in [0.25, 0.3) is 0 Å². The van der Waals surface area contributed by atoms with E-state index in [1.165, 1.54) is 12.8 Å². The maximum atomic E-state index is 5.82. The number of ether oxygens (including phenoxy) is 1. The number of aryl methyl sites for hydroxylation is 1. The molecule has 0 spiro atoms. The summed E-state index contributed by atoms with van der Waals surface area (Å²) in [5.74, 6) is 1.84. The molecule has 1 aromatic heterocycles. The average Bonchev–Trinajstić information content (AvgIpc) is 3.08. The van der Waals surface area contributed by atoms with Gasteiger partial charge in [0.25, 0.3) is 0 Å². The van der Waals surface area contributed by atoms with Gasteiger partial charge in [-0.1, -0.05) is 0 Å². The van der Waals surface area contributed by atoms with Crippen LogP contribution in [0.15, 0.2) is 6.07 Å². The van der Waals surface area contributed by atoms with Gasteiger partial charge in [-0.25, -0.2) is 9.97 Å². The van der Waals surface area contributed by atoms with Crippen LogP contribution in [-0.2, 0) is 10.6 Å². The number of aromatic nitrogens is 2. The normalized spacial score (nSPS) is 17.4. The third-order valence-corrected chi connectivity index (χ3v) is 2.99. The Morgan fingerprint density at radius 3 is 2.81 bits per heavy atom. The molecule has 1 aromatic rings. The molecule has 1 saturated carbocycles. The summed E-state index contributed by atoms with van der Waals surface area (Å²) in [7, 11) is 0. The predicted molar refractivity (Wildman–Crippen MR) is 63.4 cm³/mol. The van der Waals surface area contributed by atoms with Gasteiger partial charge in [0.2, 0.25) is 0 Å². The van der Waals surface area contributed by atoms with Gasteiger partial charge in [-0.15, -0.1) is 11.6 Å². The monoisotopic (exact) mass is 240 g/mol. The lowest BCUT2D eigenvalue weighted by Crippen LogP contribution is -2.12. The summed E-state index contributed by atoms with van der Waals surface area (Å²) < 4.78 is 5.74. The van der Waals surface area contributed by atoms with E-state index < -0.39 is 0 Å². The first-order valence-electron chi connectivity index (χ1n) is 5.76. The zero-order valence-electron chi connectivity index (χ0n) is 9.74. The molecule has 0 bridgehead atoms. The van der Waals surface area contributed by atoms with Crippen LogP contribution in [0.5, 0.6) is 0 Å². The first kappa shape index (κ1) is 11.8. The predicted octanol–water partition coefficient (Wildman–Crippen LogP) is 3.01. The number of halogens is 1. The highest BCUT2D eigenvalue weighted by Gasteiger charge is 2.35. The van der Waals surface area contributed by atoms with Gasteiger partial charge in [0.15, 0.2) is 5.82 Å². The van der Waals surface area contributed by atoms with E-state index in [1.54, 1.807) is 0 Å². The number of alkyl halides is 1. The fraction of sp³-hybridized carbons (Fsp3) is 0.667. The minimum atomic E-state index is 0.0619. The molecule has 1 atom stereocenters. The molecule has 0 aromatic carbocycles. The fourth-order valence-electron chi connectivity index (χ4n) is 1.85. The Balaban J connectivity index is 2.25. The largest absolute Gasteiger partial charge is 0.370 e. The molecule has 1 unspecified atom stereocenters. The zero-order valence-corrected chi connectivity index (χ0v) is 10.5. The molecule has 1 fully saturated rings. The molecule has 0 aliphatic heterocycles. The highest BCUT2D eigenvalue weighted by Crippen LogP contribution is 2.42. The van der Waals surface area contributed by atoms with Crippen molar-refractivity contribution in [2.75, 3.05) is 6.61 Å².